The Labute approximate surface area is 118 Å². The Morgan fingerprint density at radius 2 is 1.90 bits per heavy atom. The number of aliphatic hydroxyl groups is 1. The summed E-state index contributed by atoms with van der Waals surface area (Å²) < 4.78 is 15.7. The second-order valence-electron chi connectivity index (χ2n) is 4.25. The van der Waals surface area contributed by atoms with Gasteiger partial charge >= 0.3 is 0 Å². The molecule has 1 aromatic heterocycles. The largest absolute Gasteiger partial charge is 0.475 e. The molecule has 0 amide bonds. The fraction of sp³-hybridized carbons (Fsp3) is 0.400. The molecule has 20 heavy (non-hydrogen) atoms. The number of aliphatic hydroxyl groups excluding tert-OH is 1. The summed E-state index contributed by atoms with van der Waals surface area (Å²) in [6.45, 7) is 1.98. The van der Waals surface area contributed by atoms with Crippen molar-refractivity contribution < 1.29 is 19.3 Å². The molecule has 0 aliphatic rings. The first-order chi connectivity index (χ1) is 9.85. The predicted molar refractivity (Wildman–Crippen MR) is 75.9 cm³/mol. The van der Waals surface area contributed by atoms with Crippen molar-refractivity contribution in [2.45, 2.75) is 6.61 Å². The molecule has 1 aromatic carbocycles. The fourth-order valence-corrected chi connectivity index (χ4v) is 1.87. The molecule has 1 N–H and O–H groups in total. The molecule has 0 saturated heterocycles. The molecule has 2 rings (SSSR count). The summed E-state index contributed by atoms with van der Waals surface area (Å²) in [4.78, 5) is 4.40. The molecule has 0 atom stereocenters. The summed E-state index contributed by atoms with van der Waals surface area (Å²) in [6.07, 6.45) is 0. The van der Waals surface area contributed by atoms with E-state index in [-0.39, 0.29) is 6.61 Å². The SMILES string of the molecule is COCCOCCOc1cc(CO)c2ccccc2n1. The Balaban J connectivity index is 1.96. The highest BCUT2D eigenvalue weighted by Crippen LogP contribution is 2.21. The Kier molecular flexibility index (Phi) is 5.73. The van der Waals surface area contributed by atoms with Gasteiger partial charge in [-0.3, -0.25) is 0 Å². The number of hydrogen-bond acceptors (Lipinski definition) is 5. The van der Waals surface area contributed by atoms with Gasteiger partial charge < -0.3 is 19.3 Å². The number of nitrogens with zero attached hydrogens (tertiary/aromatic N) is 1. The van der Waals surface area contributed by atoms with Gasteiger partial charge in [-0.15, -0.1) is 0 Å². The van der Waals surface area contributed by atoms with Gasteiger partial charge in [-0.1, -0.05) is 18.2 Å². The second-order valence-corrected chi connectivity index (χ2v) is 4.25. The van der Waals surface area contributed by atoms with E-state index in [0.717, 1.165) is 16.5 Å². The molecule has 0 unspecified atom stereocenters. The highest BCUT2D eigenvalue weighted by Gasteiger charge is 2.05. The standard InChI is InChI=1S/C15H19NO4/c1-18-6-7-19-8-9-20-15-10-12(11-17)13-4-2-3-5-14(13)16-15/h2-5,10,17H,6-9,11H2,1H3. The maximum absolute atomic E-state index is 9.41. The van der Waals surface area contributed by atoms with Crippen molar-refractivity contribution in [3.05, 3.63) is 35.9 Å². The smallest absolute Gasteiger partial charge is 0.214 e. The Hall–Kier alpha value is -1.69. The van der Waals surface area contributed by atoms with Crippen molar-refractivity contribution in [2.75, 3.05) is 33.5 Å². The van der Waals surface area contributed by atoms with Crippen molar-refractivity contribution in [1.29, 1.82) is 0 Å². The third-order valence-electron chi connectivity index (χ3n) is 2.86. The first-order valence-corrected chi connectivity index (χ1v) is 6.54. The summed E-state index contributed by atoms with van der Waals surface area (Å²) in [5.41, 5.74) is 1.63. The van der Waals surface area contributed by atoms with Gasteiger partial charge in [0, 0.05) is 18.6 Å². The lowest BCUT2D eigenvalue weighted by Gasteiger charge is -2.09. The monoisotopic (exact) mass is 277 g/mol. The molecular weight excluding hydrogens is 258 g/mol. The van der Waals surface area contributed by atoms with E-state index in [4.69, 9.17) is 14.2 Å². The number of rotatable bonds is 8. The van der Waals surface area contributed by atoms with E-state index >= 15 is 0 Å². The second kappa shape index (κ2) is 7.79. The molecule has 0 bridgehead atoms. The molecular formula is C15H19NO4. The quantitative estimate of drug-likeness (QED) is 0.745. The number of hydrogen-bond donors (Lipinski definition) is 1. The fourth-order valence-electron chi connectivity index (χ4n) is 1.87. The van der Waals surface area contributed by atoms with Crippen LogP contribution in [0.3, 0.4) is 0 Å². The van der Waals surface area contributed by atoms with Crippen molar-refractivity contribution in [2.24, 2.45) is 0 Å². The third kappa shape index (κ3) is 3.90. The van der Waals surface area contributed by atoms with E-state index in [1.807, 2.05) is 24.3 Å². The number of ether oxygens (including phenoxy) is 3. The summed E-state index contributed by atoms with van der Waals surface area (Å²) in [6, 6.07) is 9.43. The Morgan fingerprint density at radius 3 is 2.70 bits per heavy atom. The molecule has 0 spiro atoms. The zero-order chi connectivity index (χ0) is 14.2. The van der Waals surface area contributed by atoms with E-state index in [9.17, 15) is 5.11 Å². The zero-order valence-electron chi connectivity index (χ0n) is 11.5. The van der Waals surface area contributed by atoms with E-state index in [2.05, 4.69) is 4.98 Å². The Bertz CT molecular complexity index is 544. The van der Waals surface area contributed by atoms with Gasteiger partial charge in [-0.05, 0) is 11.6 Å². The van der Waals surface area contributed by atoms with Gasteiger partial charge in [0.2, 0.25) is 5.88 Å². The van der Waals surface area contributed by atoms with Gasteiger partial charge in [0.15, 0.2) is 0 Å². The van der Waals surface area contributed by atoms with E-state index in [1.165, 1.54) is 0 Å². The molecule has 0 fully saturated rings. The topological polar surface area (TPSA) is 60.8 Å². The summed E-state index contributed by atoms with van der Waals surface area (Å²) in [5, 5.41) is 10.4. The summed E-state index contributed by atoms with van der Waals surface area (Å²) >= 11 is 0. The number of methoxy groups -OCH3 is 1. The maximum Gasteiger partial charge on any atom is 0.214 e. The first-order valence-electron chi connectivity index (χ1n) is 6.54. The Morgan fingerprint density at radius 1 is 1.10 bits per heavy atom. The molecule has 5 heteroatoms. The lowest BCUT2D eigenvalue weighted by Crippen LogP contribution is -2.10. The lowest BCUT2D eigenvalue weighted by molar-refractivity contribution is 0.0537. The average molecular weight is 277 g/mol. The van der Waals surface area contributed by atoms with Crippen molar-refractivity contribution in [3.8, 4) is 5.88 Å². The average Bonchev–Trinajstić information content (AvgIpc) is 2.50. The zero-order valence-corrected chi connectivity index (χ0v) is 11.5. The number of pyridine rings is 1. The van der Waals surface area contributed by atoms with Crippen LogP contribution in [0, 0.1) is 0 Å². The molecule has 0 radical (unpaired) electrons. The van der Waals surface area contributed by atoms with Gasteiger partial charge in [0.25, 0.3) is 0 Å². The van der Waals surface area contributed by atoms with Crippen LogP contribution in [0.4, 0.5) is 0 Å². The van der Waals surface area contributed by atoms with Gasteiger partial charge in [0.05, 0.1) is 31.9 Å². The van der Waals surface area contributed by atoms with Crippen LogP contribution < -0.4 is 4.74 Å². The lowest BCUT2D eigenvalue weighted by atomic mass is 10.1. The highest BCUT2D eigenvalue weighted by molar-refractivity contribution is 5.82. The van der Waals surface area contributed by atoms with Crippen LogP contribution >= 0.6 is 0 Å². The minimum absolute atomic E-state index is 0.0380. The molecule has 108 valence electrons. The molecule has 0 saturated carbocycles. The molecule has 1 heterocycles. The van der Waals surface area contributed by atoms with Gasteiger partial charge in [0.1, 0.15) is 6.61 Å². The van der Waals surface area contributed by atoms with Crippen LogP contribution in [-0.2, 0) is 16.1 Å². The molecule has 5 nitrogen and oxygen atoms in total. The number of benzene rings is 1. The van der Waals surface area contributed by atoms with Crippen LogP contribution in [0.2, 0.25) is 0 Å². The van der Waals surface area contributed by atoms with Crippen LogP contribution in [0.25, 0.3) is 10.9 Å². The molecule has 2 aromatic rings. The van der Waals surface area contributed by atoms with E-state index in [0.29, 0.717) is 32.3 Å². The minimum Gasteiger partial charge on any atom is -0.475 e. The number of fused-ring (bicyclic) bond motifs is 1. The van der Waals surface area contributed by atoms with E-state index in [1.54, 1.807) is 13.2 Å². The van der Waals surface area contributed by atoms with Crippen LogP contribution in [0.15, 0.2) is 30.3 Å². The van der Waals surface area contributed by atoms with Crippen molar-refractivity contribution >= 4 is 10.9 Å². The van der Waals surface area contributed by atoms with E-state index < -0.39 is 0 Å². The first kappa shape index (κ1) is 14.7. The summed E-state index contributed by atoms with van der Waals surface area (Å²) in [5.74, 6) is 0.503. The minimum atomic E-state index is -0.0380. The normalized spacial score (nSPS) is 10.9. The third-order valence-corrected chi connectivity index (χ3v) is 2.86. The molecule has 0 aliphatic carbocycles. The van der Waals surface area contributed by atoms with Crippen molar-refractivity contribution in [3.63, 3.8) is 0 Å². The summed E-state index contributed by atoms with van der Waals surface area (Å²) in [7, 11) is 1.63. The predicted octanol–water partition coefficient (Wildman–Crippen LogP) is 1.77. The van der Waals surface area contributed by atoms with Crippen LogP contribution in [0.5, 0.6) is 5.88 Å². The number of aromatic nitrogens is 1. The molecule has 0 aliphatic heterocycles. The number of para-hydroxylation sites is 1. The van der Waals surface area contributed by atoms with Gasteiger partial charge in [-0.25, -0.2) is 4.98 Å². The van der Waals surface area contributed by atoms with Crippen LogP contribution in [-0.4, -0.2) is 43.6 Å². The van der Waals surface area contributed by atoms with Gasteiger partial charge in [-0.2, -0.15) is 0 Å². The van der Waals surface area contributed by atoms with Crippen molar-refractivity contribution in [1.82, 2.24) is 4.98 Å². The maximum atomic E-state index is 9.41. The highest BCUT2D eigenvalue weighted by atomic mass is 16.5. The van der Waals surface area contributed by atoms with Crippen LogP contribution in [0.1, 0.15) is 5.56 Å².